The Morgan fingerprint density at radius 2 is 1.61 bits per heavy atom. The van der Waals surface area contributed by atoms with Gasteiger partial charge in [0.25, 0.3) is 5.56 Å². The maximum Gasteiger partial charge on any atom is 0.303 e. The number of hydrogen-bond acceptors (Lipinski definition) is 6. The van der Waals surface area contributed by atoms with E-state index in [4.69, 9.17) is 16.7 Å². The van der Waals surface area contributed by atoms with Crippen LogP contribution in [0.4, 0.5) is 0 Å². The third-order valence-electron chi connectivity index (χ3n) is 8.36. The van der Waals surface area contributed by atoms with E-state index in [2.05, 4.69) is 45.3 Å². The van der Waals surface area contributed by atoms with Crippen LogP contribution >= 0.6 is 27.5 Å². The van der Waals surface area contributed by atoms with Gasteiger partial charge < -0.3 is 15.5 Å². The molecule has 10 heteroatoms. The Morgan fingerprint density at radius 1 is 1.00 bits per heavy atom. The maximum absolute atomic E-state index is 12.5. The van der Waals surface area contributed by atoms with E-state index in [-0.39, 0.29) is 30.3 Å². The fourth-order valence-corrected chi connectivity index (χ4v) is 6.11. The van der Waals surface area contributed by atoms with Crippen LogP contribution < -0.4 is 10.9 Å². The summed E-state index contributed by atoms with van der Waals surface area (Å²) in [7, 11) is 0. The number of aliphatic hydroxyl groups is 1. The number of piperidine rings is 1. The van der Waals surface area contributed by atoms with Crippen LogP contribution in [0, 0.1) is 0 Å². The molecule has 0 aliphatic carbocycles. The lowest BCUT2D eigenvalue weighted by Gasteiger charge is -2.28. The summed E-state index contributed by atoms with van der Waals surface area (Å²) in [5, 5.41) is 22.4. The van der Waals surface area contributed by atoms with Crippen molar-refractivity contribution in [2.24, 2.45) is 0 Å². The van der Waals surface area contributed by atoms with Gasteiger partial charge in [0, 0.05) is 23.4 Å². The van der Waals surface area contributed by atoms with Crippen molar-refractivity contribution in [3.05, 3.63) is 50.5 Å². The summed E-state index contributed by atoms with van der Waals surface area (Å²) in [5.41, 5.74) is 0.212. The van der Waals surface area contributed by atoms with Gasteiger partial charge in [0.15, 0.2) is 5.78 Å². The molecule has 3 N–H and O–H groups in total. The Kier molecular flexibility index (Phi) is 21.0. The van der Waals surface area contributed by atoms with Crippen LogP contribution in [0.2, 0.25) is 5.02 Å². The fraction of sp³-hybridized carbons (Fsp3) is 0.667. The molecule has 0 spiro atoms. The number of aliphatic carboxylic acids is 1. The summed E-state index contributed by atoms with van der Waals surface area (Å²) in [6.45, 7) is 2.99. The Morgan fingerprint density at radius 3 is 2.22 bits per heavy atom. The lowest BCUT2D eigenvalue weighted by molar-refractivity contribution is -0.137. The van der Waals surface area contributed by atoms with E-state index in [1.807, 2.05) is 0 Å². The second-order valence-corrected chi connectivity index (χ2v) is 13.7. The van der Waals surface area contributed by atoms with Gasteiger partial charge in [-0.1, -0.05) is 94.9 Å². The highest BCUT2D eigenvalue weighted by Gasteiger charge is 2.25. The number of nitrogens with zero attached hydrogens (tertiary/aromatic N) is 2. The van der Waals surface area contributed by atoms with Gasteiger partial charge in [-0.05, 0) is 79.6 Å². The summed E-state index contributed by atoms with van der Waals surface area (Å²) in [6.07, 6.45) is 26.8. The van der Waals surface area contributed by atoms with Gasteiger partial charge in [0.05, 0.1) is 34.9 Å². The number of benzene rings is 1. The Hall–Kier alpha value is -2.07. The molecule has 0 amide bonds. The van der Waals surface area contributed by atoms with E-state index in [9.17, 15) is 19.5 Å². The zero-order valence-corrected chi connectivity index (χ0v) is 30.0. The smallest absolute Gasteiger partial charge is 0.303 e. The molecule has 2 atom stereocenters. The third-order valence-corrected chi connectivity index (χ3v) is 9.56. The van der Waals surface area contributed by atoms with Crippen molar-refractivity contribution in [2.45, 2.75) is 148 Å². The number of aliphatic hydroxyl groups excluding tert-OH is 1. The number of hydrogen-bond donors (Lipinski definition) is 3. The quantitative estimate of drug-likeness (QED) is 0.0869. The minimum absolute atomic E-state index is 0.0691. The van der Waals surface area contributed by atoms with Gasteiger partial charge >= 0.3 is 5.97 Å². The Balaban J connectivity index is 0.000000322. The topological polar surface area (TPSA) is 122 Å². The van der Waals surface area contributed by atoms with E-state index in [0.717, 1.165) is 25.8 Å². The van der Waals surface area contributed by atoms with Crippen molar-refractivity contribution in [3.8, 4) is 0 Å². The molecule has 0 unspecified atom stereocenters. The predicted molar refractivity (Wildman–Crippen MR) is 192 cm³/mol. The lowest BCUT2D eigenvalue weighted by atomic mass is 9.97. The number of Topliss-reactive ketones (excluding diaryl/α,β-unsaturated/α-hetero) is 1. The van der Waals surface area contributed by atoms with Crippen molar-refractivity contribution >= 4 is 50.2 Å². The highest BCUT2D eigenvalue weighted by molar-refractivity contribution is 9.10. The molecule has 46 heavy (non-hydrogen) atoms. The number of unbranched alkanes of at least 4 members (excludes halogenated alkanes) is 13. The number of carbonyl (C=O) groups is 2. The summed E-state index contributed by atoms with van der Waals surface area (Å²) in [6, 6.07) is 2.97. The summed E-state index contributed by atoms with van der Waals surface area (Å²) < 4.78 is 1.94. The monoisotopic (exact) mass is 723 g/mol. The zero-order valence-electron chi connectivity index (χ0n) is 27.7. The molecule has 0 radical (unpaired) electrons. The lowest BCUT2D eigenvalue weighted by Crippen LogP contribution is -2.46. The molecular weight excluding hydrogens is 670 g/mol. The molecule has 1 aromatic carbocycles. The maximum atomic E-state index is 12.5. The molecule has 1 fully saturated rings. The molecule has 258 valence electrons. The van der Waals surface area contributed by atoms with Gasteiger partial charge in [-0.15, -0.1) is 0 Å². The molecule has 1 aliphatic rings. The second kappa shape index (κ2) is 24.1. The van der Waals surface area contributed by atoms with Gasteiger partial charge in [-0.25, -0.2) is 4.98 Å². The van der Waals surface area contributed by atoms with E-state index in [1.165, 1.54) is 94.4 Å². The van der Waals surface area contributed by atoms with E-state index < -0.39 is 12.1 Å². The minimum atomic E-state index is -0.663. The van der Waals surface area contributed by atoms with Gasteiger partial charge in [0.2, 0.25) is 0 Å². The number of aromatic nitrogens is 2. The minimum Gasteiger partial charge on any atom is -0.481 e. The van der Waals surface area contributed by atoms with E-state index >= 15 is 0 Å². The first-order chi connectivity index (χ1) is 22.2. The molecule has 3 rings (SSSR count). The van der Waals surface area contributed by atoms with Crippen molar-refractivity contribution < 1.29 is 19.8 Å². The first-order valence-electron chi connectivity index (χ1n) is 17.4. The number of carbonyl (C=O) groups excluding carboxylic acids is 1. The first kappa shape index (κ1) is 40.1. The second-order valence-electron chi connectivity index (χ2n) is 12.4. The zero-order chi connectivity index (χ0) is 33.6. The third kappa shape index (κ3) is 16.7. The molecule has 2 heterocycles. The number of fused-ring (bicyclic) bond motifs is 1. The van der Waals surface area contributed by atoms with Crippen LogP contribution in [0.1, 0.15) is 129 Å². The van der Waals surface area contributed by atoms with Crippen LogP contribution in [-0.2, 0) is 16.1 Å². The Labute approximate surface area is 288 Å². The van der Waals surface area contributed by atoms with Crippen LogP contribution in [0.3, 0.4) is 0 Å². The molecule has 1 aromatic heterocycles. The highest BCUT2D eigenvalue weighted by atomic mass is 79.9. The molecule has 0 saturated carbocycles. The number of allylic oxidation sites excluding steroid dienone is 2. The van der Waals surface area contributed by atoms with Gasteiger partial charge in [-0.3, -0.25) is 19.0 Å². The summed E-state index contributed by atoms with van der Waals surface area (Å²) in [4.78, 5) is 39.3. The molecule has 1 aliphatic heterocycles. The number of rotatable bonds is 21. The SMILES string of the molecule is CCCCCCCCCC/C=C\CCCCCCCC(=O)O.O=C(C[C@H]1NCCC[C@@H]1O)Cn1cnc2cc(Br)c(Cl)cc2c1=O. The van der Waals surface area contributed by atoms with Crippen molar-refractivity contribution in [2.75, 3.05) is 6.54 Å². The standard InChI is InChI=1S/C20H38O2.C16H17BrClN3O3/c1-2-3-4-5-6-7-8-9-10-11-12-13-14-15-16-17-18-19-20(21)22;17-11-6-13-10(5-12(11)18)16(24)21(8-20-13)7-9(22)4-14-15(23)2-1-3-19-14/h11-12H,2-10,13-19H2,1H3,(H,21,22);5-6,8,14-15,19,23H,1-4,7H2/b12-11-;/t;14-,15+/m.1/s1. The number of nitrogens with one attached hydrogen (secondary N) is 1. The highest BCUT2D eigenvalue weighted by Crippen LogP contribution is 2.25. The summed E-state index contributed by atoms with van der Waals surface area (Å²) >= 11 is 9.33. The molecular formula is C36H55BrClN3O5. The number of ketones is 1. The van der Waals surface area contributed by atoms with Crippen LogP contribution in [0.25, 0.3) is 10.9 Å². The molecule has 2 aromatic rings. The van der Waals surface area contributed by atoms with Crippen LogP contribution in [0.5, 0.6) is 0 Å². The number of halogens is 2. The fourth-order valence-electron chi connectivity index (χ4n) is 5.61. The molecule has 0 bridgehead atoms. The van der Waals surface area contributed by atoms with Crippen molar-refractivity contribution in [1.82, 2.24) is 14.9 Å². The van der Waals surface area contributed by atoms with Crippen molar-refractivity contribution in [3.63, 3.8) is 0 Å². The Bertz CT molecular complexity index is 1270. The number of carboxylic acid groups (broad SMARTS) is 1. The first-order valence-corrected chi connectivity index (χ1v) is 18.5. The van der Waals surface area contributed by atoms with Crippen molar-refractivity contribution in [1.29, 1.82) is 0 Å². The van der Waals surface area contributed by atoms with Crippen LogP contribution in [-0.4, -0.2) is 50.2 Å². The van der Waals surface area contributed by atoms with Gasteiger partial charge in [0.1, 0.15) is 0 Å². The molecule has 8 nitrogen and oxygen atoms in total. The predicted octanol–water partition coefficient (Wildman–Crippen LogP) is 8.77. The van der Waals surface area contributed by atoms with Crippen LogP contribution in [0.15, 0.2) is 39.9 Å². The normalized spacial score (nSPS) is 16.4. The average molecular weight is 725 g/mol. The summed E-state index contributed by atoms with van der Waals surface area (Å²) in [5.74, 6) is -0.788. The number of carboxylic acids is 1. The molecule has 1 saturated heterocycles. The van der Waals surface area contributed by atoms with Gasteiger partial charge in [-0.2, -0.15) is 0 Å². The van der Waals surface area contributed by atoms with E-state index in [0.29, 0.717) is 33.2 Å². The largest absolute Gasteiger partial charge is 0.481 e. The average Bonchev–Trinajstić information content (AvgIpc) is 3.02. The van der Waals surface area contributed by atoms with E-state index in [1.54, 1.807) is 12.1 Å².